The summed E-state index contributed by atoms with van der Waals surface area (Å²) in [5, 5.41) is 13.0. The van der Waals surface area contributed by atoms with Crippen molar-refractivity contribution in [3.8, 4) is 0 Å². The fourth-order valence-corrected chi connectivity index (χ4v) is 3.12. The Bertz CT molecular complexity index is 415. The molecule has 1 aliphatic rings. The van der Waals surface area contributed by atoms with Crippen molar-refractivity contribution in [1.82, 2.24) is 5.32 Å². The van der Waals surface area contributed by atoms with E-state index in [2.05, 4.69) is 34.2 Å². The highest BCUT2D eigenvalue weighted by Gasteiger charge is 2.19. The minimum Gasteiger partial charge on any atom is -0.398 e. The van der Waals surface area contributed by atoms with Gasteiger partial charge in [-0.05, 0) is 65.7 Å². The van der Waals surface area contributed by atoms with E-state index in [9.17, 15) is 5.11 Å². The van der Waals surface area contributed by atoms with Crippen LogP contribution in [-0.2, 0) is 6.54 Å². The Hall–Kier alpha value is -0.580. The Kier molecular flexibility index (Phi) is 4.65. The van der Waals surface area contributed by atoms with E-state index in [1.807, 2.05) is 6.07 Å². The van der Waals surface area contributed by atoms with Gasteiger partial charge in [-0.2, -0.15) is 0 Å². The Morgan fingerprint density at radius 2 is 2.00 bits per heavy atom. The third kappa shape index (κ3) is 3.46. The number of rotatable bonds is 3. The molecule has 0 amide bonds. The van der Waals surface area contributed by atoms with Crippen LogP contribution < -0.4 is 11.1 Å². The molecule has 0 bridgehead atoms. The summed E-state index contributed by atoms with van der Waals surface area (Å²) in [4.78, 5) is 0. The second-order valence-electron chi connectivity index (χ2n) is 5.21. The van der Waals surface area contributed by atoms with Gasteiger partial charge in [-0.3, -0.25) is 0 Å². The number of aliphatic hydroxyl groups is 1. The van der Waals surface area contributed by atoms with Crippen LogP contribution in [0.2, 0.25) is 0 Å². The molecule has 0 aromatic heterocycles. The van der Waals surface area contributed by atoms with E-state index in [0.717, 1.165) is 48.0 Å². The summed E-state index contributed by atoms with van der Waals surface area (Å²) < 4.78 is 0.971. The molecule has 0 saturated heterocycles. The summed E-state index contributed by atoms with van der Waals surface area (Å²) in [5.74, 6) is 0. The lowest BCUT2D eigenvalue weighted by Gasteiger charge is -2.26. The van der Waals surface area contributed by atoms with Crippen molar-refractivity contribution < 1.29 is 5.11 Å². The van der Waals surface area contributed by atoms with Gasteiger partial charge in [0, 0.05) is 17.1 Å². The van der Waals surface area contributed by atoms with Crippen molar-refractivity contribution in [3.63, 3.8) is 0 Å². The van der Waals surface area contributed by atoms with Crippen LogP contribution in [0.25, 0.3) is 0 Å². The number of nitrogens with two attached hydrogens (primary N) is 1. The molecule has 18 heavy (non-hydrogen) atoms. The van der Waals surface area contributed by atoms with Gasteiger partial charge in [0.1, 0.15) is 0 Å². The Labute approximate surface area is 117 Å². The largest absolute Gasteiger partial charge is 0.398 e. The van der Waals surface area contributed by atoms with Gasteiger partial charge in [0.25, 0.3) is 0 Å². The molecule has 0 heterocycles. The molecule has 0 radical (unpaired) electrons. The average Bonchev–Trinajstić information content (AvgIpc) is 2.34. The maximum absolute atomic E-state index is 9.48. The maximum Gasteiger partial charge on any atom is 0.0541 e. The first kappa shape index (κ1) is 13.8. The van der Waals surface area contributed by atoms with E-state index in [4.69, 9.17) is 5.73 Å². The summed E-state index contributed by atoms with van der Waals surface area (Å²) >= 11 is 3.48. The molecule has 0 unspecified atom stereocenters. The molecule has 1 aromatic carbocycles. The van der Waals surface area contributed by atoms with Crippen molar-refractivity contribution in [1.29, 1.82) is 0 Å². The van der Waals surface area contributed by atoms with Crippen LogP contribution in [0, 0.1) is 6.92 Å². The quantitative estimate of drug-likeness (QED) is 0.752. The first-order chi connectivity index (χ1) is 8.56. The first-order valence-electron chi connectivity index (χ1n) is 6.52. The van der Waals surface area contributed by atoms with E-state index in [1.165, 1.54) is 5.56 Å². The number of aliphatic hydroxyl groups excluding tert-OH is 1. The molecule has 0 atom stereocenters. The smallest absolute Gasteiger partial charge is 0.0541 e. The van der Waals surface area contributed by atoms with Crippen molar-refractivity contribution in [2.24, 2.45) is 0 Å². The molecular formula is C14H21BrN2O. The Morgan fingerprint density at radius 1 is 1.33 bits per heavy atom. The molecule has 1 saturated carbocycles. The Morgan fingerprint density at radius 3 is 2.67 bits per heavy atom. The number of aryl methyl sites for hydroxylation is 1. The molecular weight excluding hydrogens is 292 g/mol. The lowest BCUT2D eigenvalue weighted by atomic mass is 9.93. The number of nitrogen functional groups attached to an aromatic ring is 1. The SMILES string of the molecule is Cc1cc(Br)c(N)c(CN[C@H]2CC[C@H](O)CC2)c1. The summed E-state index contributed by atoms with van der Waals surface area (Å²) in [5.41, 5.74) is 9.25. The molecule has 2 rings (SSSR count). The highest BCUT2D eigenvalue weighted by atomic mass is 79.9. The predicted octanol–water partition coefficient (Wildman–Crippen LogP) is 2.73. The highest BCUT2D eigenvalue weighted by Crippen LogP contribution is 2.26. The number of halogens is 1. The molecule has 3 nitrogen and oxygen atoms in total. The van der Waals surface area contributed by atoms with E-state index in [-0.39, 0.29) is 6.10 Å². The molecule has 0 spiro atoms. The second kappa shape index (κ2) is 6.04. The van der Waals surface area contributed by atoms with Crippen LogP contribution in [0.3, 0.4) is 0 Å². The van der Waals surface area contributed by atoms with Gasteiger partial charge in [-0.1, -0.05) is 6.07 Å². The fourth-order valence-electron chi connectivity index (χ4n) is 2.51. The zero-order valence-corrected chi connectivity index (χ0v) is 12.3. The molecule has 4 N–H and O–H groups in total. The number of anilines is 1. The van der Waals surface area contributed by atoms with Gasteiger partial charge in [0.2, 0.25) is 0 Å². The third-order valence-corrected chi connectivity index (χ3v) is 4.29. The molecule has 100 valence electrons. The summed E-state index contributed by atoms with van der Waals surface area (Å²) in [7, 11) is 0. The maximum atomic E-state index is 9.48. The summed E-state index contributed by atoms with van der Waals surface area (Å²) in [6.07, 6.45) is 3.82. The number of benzene rings is 1. The summed E-state index contributed by atoms with van der Waals surface area (Å²) in [6.45, 7) is 2.87. The van der Waals surface area contributed by atoms with Crippen molar-refractivity contribution in [2.75, 3.05) is 5.73 Å². The van der Waals surface area contributed by atoms with E-state index >= 15 is 0 Å². The second-order valence-corrected chi connectivity index (χ2v) is 6.06. The van der Waals surface area contributed by atoms with Gasteiger partial charge >= 0.3 is 0 Å². The van der Waals surface area contributed by atoms with Gasteiger partial charge in [0.05, 0.1) is 11.8 Å². The zero-order valence-electron chi connectivity index (χ0n) is 10.7. The van der Waals surface area contributed by atoms with Crippen molar-refractivity contribution in [2.45, 2.75) is 51.3 Å². The minimum absolute atomic E-state index is 0.0961. The monoisotopic (exact) mass is 312 g/mol. The van der Waals surface area contributed by atoms with Crippen LogP contribution in [0.15, 0.2) is 16.6 Å². The minimum atomic E-state index is -0.0961. The van der Waals surface area contributed by atoms with Crippen LogP contribution in [0.4, 0.5) is 5.69 Å². The van der Waals surface area contributed by atoms with E-state index < -0.39 is 0 Å². The number of nitrogens with one attached hydrogen (secondary N) is 1. The first-order valence-corrected chi connectivity index (χ1v) is 7.31. The molecule has 0 aliphatic heterocycles. The van der Waals surface area contributed by atoms with Crippen molar-refractivity contribution in [3.05, 3.63) is 27.7 Å². The third-order valence-electron chi connectivity index (χ3n) is 3.64. The topological polar surface area (TPSA) is 58.3 Å². The van der Waals surface area contributed by atoms with Crippen LogP contribution in [0.1, 0.15) is 36.8 Å². The van der Waals surface area contributed by atoms with Crippen LogP contribution in [-0.4, -0.2) is 17.3 Å². The van der Waals surface area contributed by atoms with E-state index in [0.29, 0.717) is 6.04 Å². The lowest BCUT2D eigenvalue weighted by molar-refractivity contribution is 0.116. The predicted molar refractivity (Wildman–Crippen MR) is 78.4 cm³/mol. The van der Waals surface area contributed by atoms with Crippen molar-refractivity contribution >= 4 is 21.6 Å². The highest BCUT2D eigenvalue weighted by molar-refractivity contribution is 9.10. The molecule has 1 fully saturated rings. The van der Waals surface area contributed by atoms with Gasteiger partial charge in [-0.15, -0.1) is 0 Å². The van der Waals surface area contributed by atoms with Crippen LogP contribution >= 0.6 is 15.9 Å². The van der Waals surface area contributed by atoms with Gasteiger partial charge < -0.3 is 16.2 Å². The fraction of sp³-hybridized carbons (Fsp3) is 0.571. The standard InChI is InChI=1S/C14H21BrN2O/c1-9-6-10(14(16)13(15)7-9)8-17-11-2-4-12(18)5-3-11/h6-7,11-12,17-18H,2-5,8,16H2,1H3/t11-,12-. The number of hydrogen-bond acceptors (Lipinski definition) is 3. The molecule has 1 aliphatic carbocycles. The van der Waals surface area contributed by atoms with E-state index in [1.54, 1.807) is 0 Å². The van der Waals surface area contributed by atoms with Gasteiger partial charge in [-0.25, -0.2) is 0 Å². The normalized spacial score (nSPS) is 24.2. The Balaban J connectivity index is 1.94. The van der Waals surface area contributed by atoms with Crippen LogP contribution in [0.5, 0.6) is 0 Å². The van der Waals surface area contributed by atoms with Gasteiger partial charge in [0.15, 0.2) is 0 Å². The molecule has 4 heteroatoms. The molecule has 1 aromatic rings. The number of hydrogen-bond donors (Lipinski definition) is 3. The zero-order chi connectivity index (χ0) is 13.1. The summed E-state index contributed by atoms with van der Waals surface area (Å²) in [6, 6.07) is 4.67. The lowest BCUT2D eigenvalue weighted by Crippen LogP contribution is -2.34. The average molecular weight is 313 g/mol.